The van der Waals surface area contributed by atoms with Gasteiger partial charge in [-0.3, -0.25) is 4.90 Å². The number of hydrogen-bond acceptors (Lipinski definition) is 3. The van der Waals surface area contributed by atoms with Crippen LogP contribution in [-0.2, 0) is 0 Å². The molecule has 0 aromatic carbocycles. The molecule has 0 aromatic rings. The van der Waals surface area contributed by atoms with E-state index >= 15 is 0 Å². The van der Waals surface area contributed by atoms with Gasteiger partial charge in [-0.25, -0.2) is 0 Å². The summed E-state index contributed by atoms with van der Waals surface area (Å²) in [7, 11) is 0. The number of β-amino-alcohol motifs (C(OH)–C–C–N with tert-alkyl or cyclic N) is 1. The van der Waals surface area contributed by atoms with E-state index in [1.54, 1.807) is 0 Å². The van der Waals surface area contributed by atoms with Gasteiger partial charge in [0.15, 0.2) is 0 Å². The molecule has 0 aromatic heterocycles. The van der Waals surface area contributed by atoms with E-state index in [4.69, 9.17) is 5.11 Å². The fourth-order valence-electron chi connectivity index (χ4n) is 2.47. The first-order valence-corrected chi connectivity index (χ1v) is 6.72. The van der Waals surface area contributed by atoms with E-state index in [1.807, 2.05) is 0 Å². The van der Waals surface area contributed by atoms with Gasteiger partial charge < -0.3 is 10.4 Å². The summed E-state index contributed by atoms with van der Waals surface area (Å²) in [5, 5.41) is 12.7. The number of nitrogens with one attached hydrogen (secondary N) is 1. The molecule has 0 amide bonds. The molecule has 1 saturated heterocycles. The number of likely N-dealkylation sites (tertiary alicyclic amines) is 1. The molecular formula is C13H28N2O. The molecule has 1 fully saturated rings. The highest BCUT2D eigenvalue weighted by Crippen LogP contribution is 2.19. The normalized spacial score (nSPS) is 27.6. The Bertz CT molecular complexity index is 185. The molecule has 1 aliphatic heterocycles. The van der Waals surface area contributed by atoms with Crippen LogP contribution in [0.3, 0.4) is 0 Å². The van der Waals surface area contributed by atoms with Crippen molar-refractivity contribution >= 4 is 0 Å². The van der Waals surface area contributed by atoms with Gasteiger partial charge in [0.2, 0.25) is 0 Å². The van der Waals surface area contributed by atoms with Crippen molar-refractivity contribution in [3.05, 3.63) is 0 Å². The Kier molecular flexibility index (Phi) is 6.32. The second-order valence-electron chi connectivity index (χ2n) is 5.49. The van der Waals surface area contributed by atoms with Crippen molar-refractivity contribution in [1.29, 1.82) is 0 Å². The van der Waals surface area contributed by atoms with Gasteiger partial charge in [-0.05, 0) is 24.8 Å². The molecule has 16 heavy (non-hydrogen) atoms. The minimum atomic E-state index is 0.285. The molecule has 0 aliphatic carbocycles. The third-order valence-electron chi connectivity index (χ3n) is 3.42. The molecule has 0 radical (unpaired) electrons. The molecule has 2 unspecified atom stereocenters. The molecule has 0 spiro atoms. The summed E-state index contributed by atoms with van der Waals surface area (Å²) in [5.74, 6) is 1.51. The molecule has 3 heteroatoms. The second kappa shape index (κ2) is 7.25. The van der Waals surface area contributed by atoms with E-state index < -0.39 is 0 Å². The van der Waals surface area contributed by atoms with Crippen molar-refractivity contribution in [2.24, 2.45) is 11.8 Å². The van der Waals surface area contributed by atoms with Gasteiger partial charge in [0.05, 0.1) is 6.61 Å². The van der Waals surface area contributed by atoms with Gasteiger partial charge in [0.1, 0.15) is 0 Å². The van der Waals surface area contributed by atoms with Crippen LogP contribution < -0.4 is 5.32 Å². The molecule has 1 heterocycles. The highest BCUT2D eigenvalue weighted by Gasteiger charge is 2.25. The van der Waals surface area contributed by atoms with Crippen LogP contribution >= 0.6 is 0 Å². The highest BCUT2D eigenvalue weighted by molar-refractivity contribution is 4.83. The van der Waals surface area contributed by atoms with Crippen molar-refractivity contribution in [2.45, 2.75) is 39.7 Å². The fourth-order valence-corrected chi connectivity index (χ4v) is 2.47. The number of rotatable bonds is 6. The summed E-state index contributed by atoms with van der Waals surface area (Å²) in [5.41, 5.74) is 0. The molecular weight excluding hydrogens is 200 g/mol. The Hall–Kier alpha value is -0.120. The van der Waals surface area contributed by atoms with E-state index in [0.717, 1.165) is 32.1 Å². The van der Waals surface area contributed by atoms with Crippen LogP contribution in [0.4, 0.5) is 0 Å². The lowest BCUT2D eigenvalue weighted by molar-refractivity contribution is 0.113. The predicted molar refractivity (Wildman–Crippen MR) is 68.6 cm³/mol. The summed E-state index contributed by atoms with van der Waals surface area (Å²) >= 11 is 0. The van der Waals surface area contributed by atoms with Crippen LogP contribution in [0, 0.1) is 11.8 Å². The zero-order valence-electron chi connectivity index (χ0n) is 11.1. The summed E-state index contributed by atoms with van der Waals surface area (Å²) in [6.07, 6.45) is 2.55. The van der Waals surface area contributed by atoms with Crippen molar-refractivity contribution in [3.8, 4) is 0 Å². The Morgan fingerprint density at radius 2 is 2.12 bits per heavy atom. The predicted octanol–water partition coefficient (Wildman–Crippen LogP) is 1.32. The van der Waals surface area contributed by atoms with Crippen molar-refractivity contribution in [2.75, 3.05) is 32.8 Å². The smallest absolute Gasteiger partial charge is 0.0558 e. The van der Waals surface area contributed by atoms with E-state index in [0.29, 0.717) is 12.0 Å². The minimum absolute atomic E-state index is 0.285. The van der Waals surface area contributed by atoms with Gasteiger partial charge >= 0.3 is 0 Å². The molecule has 1 aliphatic rings. The van der Waals surface area contributed by atoms with E-state index in [2.05, 4.69) is 31.0 Å². The van der Waals surface area contributed by atoms with E-state index in [-0.39, 0.29) is 6.61 Å². The average Bonchev–Trinajstić information content (AvgIpc) is 2.26. The first-order valence-electron chi connectivity index (χ1n) is 6.72. The highest BCUT2D eigenvalue weighted by atomic mass is 16.3. The van der Waals surface area contributed by atoms with Crippen molar-refractivity contribution in [3.63, 3.8) is 0 Å². The molecule has 0 saturated carbocycles. The monoisotopic (exact) mass is 228 g/mol. The SMILES string of the molecule is CCC1CC(NCC(C)C)CN(CCO)C1. The second-order valence-corrected chi connectivity index (χ2v) is 5.49. The quantitative estimate of drug-likeness (QED) is 0.720. The summed E-state index contributed by atoms with van der Waals surface area (Å²) in [6.45, 7) is 11.3. The van der Waals surface area contributed by atoms with Crippen LogP contribution in [0.2, 0.25) is 0 Å². The number of aliphatic hydroxyl groups excluding tert-OH is 1. The van der Waals surface area contributed by atoms with Gasteiger partial charge in [-0.1, -0.05) is 27.2 Å². The Morgan fingerprint density at radius 1 is 1.38 bits per heavy atom. The van der Waals surface area contributed by atoms with Crippen LogP contribution in [0.5, 0.6) is 0 Å². The minimum Gasteiger partial charge on any atom is -0.395 e. The molecule has 0 bridgehead atoms. The number of aliphatic hydroxyl groups is 1. The van der Waals surface area contributed by atoms with Gasteiger partial charge in [-0.2, -0.15) is 0 Å². The molecule has 1 rings (SSSR count). The number of piperidine rings is 1. The first-order chi connectivity index (χ1) is 7.65. The maximum Gasteiger partial charge on any atom is 0.0558 e. The first kappa shape index (κ1) is 13.9. The maximum atomic E-state index is 9.02. The number of hydrogen-bond donors (Lipinski definition) is 2. The van der Waals surface area contributed by atoms with Crippen molar-refractivity contribution in [1.82, 2.24) is 10.2 Å². The Labute approximate surface area is 100 Å². The topological polar surface area (TPSA) is 35.5 Å². The Balaban J connectivity index is 2.37. The fraction of sp³-hybridized carbons (Fsp3) is 1.00. The van der Waals surface area contributed by atoms with Crippen LogP contribution in [0.25, 0.3) is 0 Å². The third-order valence-corrected chi connectivity index (χ3v) is 3.42. The number of nitrogens with zero attached hydrogens (tertiary/aromatic N) is 1. The largest absolute Gasteiger partial charge is 0.395 e. The lowest BCUT2D eigenvalue weighted by Gasteiger charge is -2.38. The van der Waals surface area contributed by atoms with Crippen LogP contribution in [-0.4, -0.2) is 48.8 Å². The molecule has 2 N–H and O–H groups in total. The summed E-state index contributed by atoms with van der Waals surface area (Å²) in [4.78, 5) is 2.40. The summed E-state index contributed by atoms with van der Waals surface area (Å²) < 4.78 is 0. The van der Waals surface area contributed by atoms with Gasteiger partial charge in [0, 0.05) is 25.7 Å². The van der Waals surface area contributed by atoms with E-state index in [1.165, 1.54) is 12.8 Å². The van der Waals surface area contributed by atoms with Crippen LogP contribution in [0.1, 0.15) is 33.6 Å². The molecule has 3 nitrogen and oxygen atoms in total. The molecule has 2 atom stereocenters. The molecule has 96 valence electrons. The zero-order valence-corrected chi connectivity index (χ0v) is 11.1. The zero-order chi connectivity index (χ0) is 12.0. The Morgan fingerprint density at radius 3 is 2.69 bits per heavy atom. The van der Waals surface area contributed by atoms with Crippen LogP contribution in [0.15, 0.2) is 0 Å². The lowest BCUT2D eigenvalue weighted by atomic mass is 9.92. The summed E-state index contributed by atoms with van der Waals surface area (Å²) in [6, 6.07) is 0.618. The van der Waals surface area contributed by atoms with Gasteiger partial charge in [-0.15, -0.1) is 0 Å². The lowest BCUT2D eigenvalue weighted by Crippen LogP contribution is -2.50. The van der Waals surface area contributed by atoms with Crippen molar-refractivity contribution < 1.29 is 5.11 Å². The maximum absolute atomic E-state index is 9.02. The average molecular weight is 228 g/mol. The van der Waals surface area contributed by atoms with E-state index in [9.17, 15) is 0 Å². The standard InChI is InChI=1S/C13H28N2O/c1-4-12-7-13(14-8-11(2)3)10-15(9-12)5-6-16/h11-14,16H,4-10H2,1-3H3. The third kappa shape index (κ3) is 4.81. The van der Waals surface area contributed by atoms with Gasteiger partial charge in [0.25, 0.3) is 0 Å².